The van der Waals surface area contributed by atoms with Gasteiger partial charge in [0.15, 0.2) is 0 Å². The monoisotopic (exact) mass is 167 g/mol. The van der Waals surface area contributed by atoms with Crippen molar-refractivity contribution in [1.82, 2.24) is 0 Å². The topological polar surface area (TPSA) is 43.7 Å². The first-order chi connectivity index (χ1) is 5.75. The van der Waals surface area contributed by atoms with Gasteiger partial charge >= 0.3 is 0 Å². The SMILES string of the molecule is CN(c1ccccc1)C(O)CO. The Morgan fingerprint density at radius 1 is 1.33 bits per heavy atom. The van der Waals surface area contributed by atoms with Crippen molar-refractivity contribution < 1.29 is 10.2 Å². The highest BCUT2D eigenvalue weighted by molar-refractivity contribution is 5.45. The van der Waals surface area contributed by atoms with Crippen molar-refractivity contribution in [2.45, 2.75) is 6.23 Å². The lowest BCUT2D eigenvalue weighted by Crippen LogP contribution is -2.34. The van der Waals surface area contributed by atoms with Crippen LogP contribution in [0.15, 0.2) is 30.3 Å². The van der Waals surface area contributed by atoms with Crippen LogP contribution < -0.4 is 4.90 Å². The second kappa shape index (κ2) is 4.09. The first-order valence-corrected chi connectivity index (χ1v) is 3.82. The van der Waals surface area contributed by atoms with Crippen LogP contribution >= 0.6 is 0 Å². The van der Waals surface area contributed by atoms with E-state index >= 15 is 0 Å². The standard InChI is InChI=1S/C9H13NO2/c1-10(9(12)7-11)8-5-3-2-4-6-8/h2-6,9,11-12H,7H2,1H3. The molecule has 1 atom stereocenters. The molecule has 1 aromatic carbocycles. The predicted octanol–water partition coefficient (Wildman–Crippen LogP) is 0.434. The number of likely N-dealkylation sites (N-methyl/N-ethyl adjacent to an activating group) is 1. The Morgan fingerprint density at radius 3 is 2.42 bits per heavy atom. The third-order valence-corrected chi connectivity index (χ3v) is 1.77. The van der Waals surface area contributed by atoms with Crippen LogP contribution in [0.1, 0.15) is 0 Å². The molecule has 0 bridgehead atoms. The molecule has 0 fully saturated rings. The fourth-order valence-electron chi connectivity index (χ4n) is 0.958. The maximum atomic E-state index is 9.26. The van der Waals surface area contributed by atoms with E-state index in [2.05, 4.69) is 0 Å². The Bertz CT molecular complexity index is 225. The molecule has 2 N–H and O–H groups in total. The van der Waals surface area contributed by atoms with Gasteiger partial charge in [-0.15, -0.1) is 0 Å². The highest BCUT2D eigenvalue weighted by Gasteiger charge is 2.08. The van der Waals surface area contributed by atoms with Crippen LogP contribution in [-0.2, 0) is 0 Å². The van der Waals surface area contributed by atoms with Crippen LogP contribution in [0, 0.1) is 0 Å². The molecule has 0 saturated heterocycles. The summed E-state index contributed by atoms with van der Waals surface area (Å²) in [6.07, 6.45) is -0.826. The molecule has 3 nitrogen and oxygen atoms in total. The van der Waals surface area contributed by atoms with Crippen molar-refractivity contribution in [2.75, 3.05) is 18.6 Å². The van der Waals surface area contributed by atoms with Gasteiger partial charge in [-0.3, -0.25) is 0 Å². The summed E-state index contributed by atoms with van der Waals surface area (Å²) in [5.41, 5.74) is 0.888. The Morgan fingerprint density at radius 2 is 1.92 bits per heavy atom. The summed E-state index contributed by atoms with van der Waals surface area (Å²) in [6.45, 7) is -0.259. The summed E-state index contributed by atoms with van der Waals surface area (Å²) in [4.78, 5) is 1.61. The molecule has 66 valence electrons. The maximum absolute atomic E-state index is 9.26. The second-order valence-electron chi connectivity index (χ2n) is 2.61. The summed E-state index contributed by atoms with van der Waals surface area (Å²) < 4.78 is 0. The molecule has 0 radical (unpaired) electrons. The average molecular weight is 167 g/mol. The molecule has 1 rings (SSSR count). The number of nitrogens with zero attached hydrogens (tertiary/aromatic N) is 1. The van der Waals surface area contributed by atoms with Gasteiger partial charge in [-0.1, -0.05) is 18.2 Å². The Balaban J connectivity index is 2.71. The van der Waals surface area contributed by atoms with Crippen molar-refractivity contribution in [3.63, 3.8) is 0 Å². The fraction of sp³-hybridized carbons (Fsp3) is 0.333. The number of para-hydroxylation sites is 1. The lowest BCUT2D eigenvalue weighted by molar-refractivity contribution is 0.0959. The van der Waals surface area contributed by atoms with Crippen LogP contribution in [0.5, 0.6) is 0 Å². The molecule has 0 heterocycles. The number of aliphatic hydroxyl groups is 2. The van der Waals surface area contributed by atoms with E-state index in [1.54, 1.807) is 11.9 Å². The summed E-state index contributed by atoms with van der Waals surface area (Å²) in [5.74, 6) is 0. The minimum Gasteiger partial charge on any atom is -0.392 e. The first-order valence-electron chi connectivity index (χ1n) is 3.82. The Labute approximate surface area is 71.9 Å². The number of hydrogen-bond donors (Lipinski definition) is 2. The Hall–Kier alpha value is -1.06. The zero-order valence-corrected chi connectivity index (χ0v) is 7.01. The first kappa shape index (κ1) is 9.03. The third kappa shape index (κ3) is 1.96. The van der Waals surface area contributed by atoms with Gasteiger partial charge in [0.05, 0.1) is 6.61 Å². The number of aliphatic hydroxyl groups excluding tert-OH is 2. The zero-order chi connectivity index (χ0) is 8.97. The highest BCUT2D eigenvalue weighted by atomic mass is 16.3. The number of benzene rings is 1. The zero-order valence-electron chi connectivity index (χ0n) is 7.01. The van der Waals surface area contributed by atoms with Gasteiger partial charge in [0.1, 0.15) is 6.23 Å². The van der Waals surface area contributed by atoms with E-state index < -0.39 is 6.23 Å². The third-order valence-electron chi connectivity index (χ3n) is 1.77. The molecule has 0 aliphatic rings. The van der Waals surface area contributed by atoms with Crippen molar-refractivity contribution in [2.24, 2.45) is 0 Å². The summed E-state index contributed by atoms with van der Waals surface area (Å²) in [5, 5.41) is 17.9. The van der Waals surface area contributed by atoms with Crippen LogP contribution in [0.4, 0.5) is 5.69 Å². The molecular formula is C9H13NO2. The molecule has 0 aliphatic heterocycles. The molecule has 0 amide bonds. The molecule has 0 aromatic heterocycles. The number of hydrogen-bond acceptors (Lipinski definition) is 3. The van der Waals surface area contributed by atoms with Gasteiger partial charge in [0.25, 0.3) is 0 Å². The number of rotatable bonds is 3. The number of anilines is 1. The van der Waals surface area contributed by atoms with Crippen molar-refractivity contribution in [3.8, 4) is 0 Å². The van der Waals surface area contributed by atoms with Crippen molar-refractivity contribution in [3.05, 3.63) is 30.3 Å². The highest BCUT2D eigenvalue weighted by Crippen LogP contribution is 2.12. The quantitative estimate of drug-likeness (QED) is 0.642. The summed E-state index contributed by atoms with van der Waals surface area (Å²) >= 11 is 0. The maximum Gasteiger partial charge on any atom is 0.150 e. The van der Waals surface area contributed by atoms with E-state index in [1.165, 1.54) is 0 Å². The average Bonchev–Trinajstić information content (AvgIpc) is 2.17. The van der Waals surface area contributed by atoms with Gasteiger partial charge < -0.3 is 15.1 Å². The van der Waals surface area contributed by atoms with Crippen LogP contribution in [0.2, 0.25) is 0 Å². The minimum absolute atomic E-state index is 0.259. The van der Waals surface area contributed by atoms with Gasteiger partial charge in [-0.2, -0.15) is 0 Å². The van der Waals surface area contributed by atoms with Gasteiger partial charge in [-0.25, -0.2) is 0 Å². The van der Waals surface area contributed by atoms with E-state index in [4.69, 9.17) is 5.11 Å². The molecule has 0 saturated carbocycles. The van der Waals surface area contributed by atoms with Gasteiger partial charge in [0.2, 0.25) is 0 Å². The van der Waals surface area contributed by atoms with Gasteiger partial charge in [0, 0.05) is 12.7 Å². The molecule has 1 aromatic rings. The van der Waals surface area contributed by atoms with E-state index in [0.717, 1.165) is 5.69 Å². The molecule has 0 spiro atoms. The smallest absolute Gasteiger partial charge is 0.150 e. The van der Waals surface area contributed by atoms with E-state index in [-0.39, 0.29) is 6.61 Å². The predicted molar refractivity (Wildman–Crippen MR) is 47.9 cm³/mol. The van der Waals surface area contributed by atoms with E-state index in [9.17, 15) is 5.11 Å². The lowest BCUT2D eigenvalue weighted by Gasteiger charge is -2.23. The normalized spacial score (nSPS) is 12.6. The second-order valence-corrected chi connectivity index (χ2v) is 2.61. The molecule has 0 aliphatic carbocycles. The van der Waals surface area contributed by atoms with Crippen molar-refractivity contribution in [1.29, 1.82) is 0 Å². The van der Waals surface area contributed by atoms with E-state index in [0.29, 0.717) is 0 Å². The Kier molecular flexibility index (Phi) is 3.08. The largest absolute Gasteiger partial charge is 0.392 e. The van der Waals surface area contributed by atoms with E-state index in [1.807, 2.05) is 30.3 Å². The molecular weight excluding hydrogens is 154 g/mol. The molecule has 12 heavy (non-hydrogen) atoms. The molecule has 1 unspecified atom stereocenters. The molecule has 3 heteroatoms. The summed E-state index contributed by atoms with van der Waals surface area (Å²) in [6, 6.07) is 9.42. The van der Waals surface area contributed by atoms with Gasteiger partial charge in [-0.05, 0) is 12.1 Å². The fourth-order valence-corrected chi connectivity index (χ4v) is 0.958. The minimum atomic E-state index is -0.826. The van der Waals surface area contributed by atoms with Crippen LogP contribution in [0.3, 0.4) is 0 Å². The van der Waals surface area contributed by atoms with Crippen molar-refractivity contribution >= 4 is 5.69 Å². The van der Waals surface area contributed by atoms with Crippen LogP contribution in [0.25, 0.3) is 0 Å². The lowest BCUT2D eigenvalue weighted by atomic mass is 10.3. The summed E-state index contributed by atoms with van der Waals surface area (Å²) in [7, 11) is 1.73. The van der Waals surface area contributed by atoms with Crippen LogP contribution in [-0.4, -0.2) is 30.1 Å².